The van der Waals surface area contributed by atoms with Gasteiger partial charge in [0.1, 0.15) is 4.92 Å². The predicted octanol–water partition coefficient (Wildman–Crippen LogP) is 1.99. The fourth-order valence-corrected chi connectivity index (χ4v) is 2.08. The summed E-state index contributed by atoms with van der Waals surface area (Å²) in [6, 6.07) is 2.78. The summed E-state index contributed by atoms with van der Waals surface area (Å²) >= 11 is 0. The minimum Gasteiger partial charge on any atom is -0.392 e. The molecule has 19 heavy (non-hydrogen) atoms. The SMILES string of the molecule is O=C(C#Cc1ccc([N+](=O)[O-])o1)NC1CCCCC1. The van der Waals surface area contributed by atoms with Crippen LogP contribution < -0.4 is 5.32 Å². The Morgan fingerprint density at radius 1 is 1.37 bits per heavy atom. The molecule has 1 aromatic heterocycles. The molecule has 2 rings (SSSR count). The quantitative estimate of drug-likeness (QED) is 0.501. The van der Waals surface area contributed by atoms with Crippen molar-refractivity contribution < 1.29 is 14.1 Å². The first-order valence-electron chi connectivity index (χ1n) is 6.22. The second-order valence-corrected chi connectivity index (χ2v) is 4.45. The van der Waals surface area contributed by atoms with E-state index >= 15 is 0 Å². The highest BCUT2D eigenvalue weighted by molar-refractivity contribution is 5.94. The predicted molar refractivity (Wildman–Crippen MR) is 67.3 cm³/mol. The maximum absolute atomic E-state index is 11.6. The van der Waals surface area contributed by atoms with Crippen molar-refractivity contribution in [2.45, 2.75) is 38.1 Å². The van der Waals surface area contributed by atoms with Gasteiger partial charge in [0.2, 0.25) is 0 Å². The highest BCUT2D eigenvalue weighted by atomic mass is 16.6. The van der Waals surface area contributed by atoms with Crippen molar-refractivity contribution in [3.63, 3.8) is 0 Å². The molecule has 0 bridgehead atoms. The number of rotatable bonds is 2. The molecule has 0 saturated heterocycles. The Bertz CT molecular complexity index is 532. The number of furan rings is 1. The van der Waals surface area contributed by atoms with Crippen molar-refractivity contribution in [3.8, 4) is 11.8 Å². The van der Waals surface area contributed by atoms with Gasteiger partial charge in [0.15, 0.2) is 5.76 Å². The van der Waals surface area contributed by atoms with Crippen LogP contribution in [-0.4, -0.2) is 16.9 Å². The van der Waals surface area contributed by atoms with Crippen LogP contribution in [0.25, 0.3) is 0 Å². The number of nitrogens with one attached hydrogen (secondary N) is 1. The number of carbonyl (C=O) groups excluding carboxylic acids is 1. The molecule has 0 radical (unpaired) electrons. The lowest BCUT2D eigenvalue weighted by atomic mass is 9.95. The van der Waals surface area contributed by atoms with E-state index in [1.807, 2.05) is 0 Å². The zero-order chi connectivity index (χ0) is 13.7. The molecule has 1 N–H and O–H groups in total. The van der Waals surface area contributed by atoms with E-state index in [9.17, 15) is 14.9 Å². The van der Waals surface area contributed by atoms with Crippen LogP contribution in [0.5, 0.6) is 0 Å². The van der Waals surface area contributed by atoms with E-state index in [4.69, 9.17) is 4.42 Å². The van der Waals surface area contributed by atoms with Gasteiger partial charge in [-0.3, -0.25) is 14.9 Å². The Kier molecular flexibility index (Phi) is 4.18. The van der Waals surface area contributed by atoms with Crippen molar-refractivity contribution in [2.75, 3.05) is 0 Å². The van der Waals surface area contributed by atoms with Gasteiger partial charge in [0.05, 0.1) is 6.07 Å². The summed E-state index contributed by atoms with van der Waals surface area (Å²) in [6.07, 6.45) is 5.44. The normalized spacial score (nSPS) is 15.4. The van der Waals surface area contributed by atoms with Crippen molar-refractivity contribution >= 4 is 11.8 Å². The van der Waals surface area contributed by atoms with Gasteiger partial charge in [-0.1, -0.05) is 19.3 Å². The van der Waals surface area contributed by atoms with Crippen molar-refractivity contribution in [1.82, 2.24) is 5.32 Å². The molecule has 1 fully saturated rings. The molecule has 1 aliphatic carbocycles. The van der Waals surface area contributed by atoms with E-state index in [0.29, 0.717) is 0 Å². The van der Waals surface area contributed by atoms with Crippen LogP contribution >= 0.6 is 0 Å². The van der Waals surface area contributed by atoms with Gasteiger partial charge in [-0.05, 0) is 18.8 Å². The molecule has 0 aromatic carbocycles. The van der Waals surface area contributed by atoms with Crippen molar-refractivity contribution in [2.24, 2.45) is 0 Å². The Morgan fingerprint density at radius 2 is 2.11 bits per heavy atom. The molecule has 6 heteroatoms. The lowest BCUT2D eigenvalue weighted by Gasteiger charge is -2.21. The lowest BCUT2D eigenvalue weighted by molar-refractivity contribution is -0.402. The number of nitro groups is 1. The van der Waals surface area contributed by atoms with Crippen LogP contribution in [0.3, 0.4) is 0 Å². The fourth-order valence-electron chi connectivity index (χ4n) is 2.08. The summed E-state index contributed by atoms with van der Waals surface area (Å²) in [5, 5.41) is 13.2. The Hall–Kier alpha value is -2.29. The average molecular weight is 262 g/mol. The molecule has 1 aliphatic rings. The smallest absolute Gasteiger partial charge is 0.392 e. The summed E-state index contributed by atoms with van der Waals surface area (Å²) in [6.45, 7) is 0. The van der Waals surface area contributed by atoms with Crippen LogP contribution in [0.15, 0.2) is 16.5 Å². The standard InChI is InChI=1S/C13H14N2O4/c16-12(14-10-4-2-1-3-5-10)8-6-11-7-9-13(19-11)15(17)18/h7,9-10H,1-5H2,(H,14,16). The number of carbonyl (C=O) groups is 1. The molecule has 6 nitrogen and oxygen atoms in total. The number of hydrogen-bond acceptors (Lipinski definition) is 4. The van der Waals surface area contributed by atoms with Crippen LogP contribution in [0.4, 0.5) is 5.88 Å². The zero-order valence-corrected chi connectivity index (χ0v) is 10.3. The summed E-state index contributed by atoms with van der Waals surface area (Å²) in [4.78, 5) is 21.3. The van der Waals surface area contributed by atoms with Gasteiger partial charge in [0.25, 0.3) is 5.91 Å². The van der Waals surface area contributed by atoms with E-state index in [-0.39, 0.29) is 23.6 Å². The molecule has 1 amide bonds. The van der Waals surface area contributed by atoms with Gasteiger partial charge in [0, 0.05) is 18.0 Å². The molecule has 1 saturated carbocycles. The maximum Gasteiger partial charge on any atom is 0.434 e. The second-order valence-electron chi connectivity index (χ2n) is 4.45. The first-order chi connectivity index (χ1) is 9.15. The molecular formula is C13H14N2O4. The summed E-state index contributed by atoms with van der Waals surface area (Å²) in [5.74, 6) is 4.23. The molecule has 1 aromatic rings. The summed E-state index contributed by atoms with van der Waals surface area (Å²) < 4.78 is 4.83. The van der Waals surface area contributed by atoms with Crippen LogP contribution in [-0.2, 0) is 4.79 Å². The number of nitrogens with zero attached hydrogens (tertiary/aromatic N) is 1. The van der Waals surface area contributed by atoms with Gasteiger partial charge >= 0.3 is 5.88 Å². The van der Waals surface area contributed by atoms with E-state index in [2.05, 4.69) is 17.2 Å². The topological polar surface area (TPSA) is 85.4 Å². The van der Waals surface area contributed by atoms with Gasteiger partial charge in [-0.2, -0.15) is 0 Å². The van der Waals surface area contributed by atoms with E-state index < -0.39 is 4.92 Å². The number of amides is 1. The third-order valence-electron chi connectivity index (χ3n) is 3.01. The third-order valence-corrected chi connectivity index (χ3v) is 3.01. The van der Waals surface area contributed by atoms with E-state index in [1.54, 1.807) is 0 Å². The monoisotopic (exact) mass is 262 g/mol. The lowest BCUT2D eigenvalue weighted by Crippen LogP contribution is -2.35. The molecule has 0 unspecified atom stereocenters. The van der Waals surface area contributed by atoms with Crippen LogP contribution in [0.2, 0.25) is 0 Å². The van der Waals surface area contributed by atoms with Crippen molar-refractivity contribution in [1.29, 1.82) is 0 Å². The molecule has 1 heterocycles. The summed E-state index contributed by atoms with van der Waals surface area (Å²) in [5.41, 5.74) is 0. The molecule has 100 valence electrons. The molecular weight excluding hydrogens is 248 g/mol. The minimum absolute atomic E-state index is 0.116. The zero-order valence-electron chi connectivity index (χ0n) is 10.3. The van der Waals surface area contributed by atoms with Crippen LogP contribution in [0, 0.1) is 22.0 Å². The van der Waals surface area contributed by atoms with Crippen LogP contribution in [0.1, 0.15) is 37.9 Å². The average Bonchev–Trinajstić information content (AvgIpc) is 2.86. The maximum atomic E-state index is 11.6. The highest BCUT2D eigenvalue weighted by Gasteiger charge is 2.14. The minimum atomic E-state index is -0.646. The van der Waals surface area contributed by atoms with E-state index in [0.717, 1.165) is 25.7 Å². The first-order valence-corrected chi connectivity index (χ1v) is 6.22. The van der Waals surface area contributed by atoms with E-state index in [1.165, 1.54) is 18.6 Å². The molecule has 0 aliphatic heterocycles. The van der Waals surface area contributed by atoms with Gasteiger partial charge in [-0.25, -0.2) is 0 Å². The van der Waals surface area contributed by atoms with Crippen molar-refractivity contribution in [3.05, 3.63) is 28.0 Å². The fraction of sp³-hybridized carbons (Fsp3) is 0.462. The first kappa shape index (κ1) is 13.1. The van der Waals surface area contributed by atoms with Gasteiger partial charge < -0.3 is 9.73 Å². The Labute approximate surface area is 110 Å². The second kappa shape index (κ2) is 6.05. The number of hydrogen-bond donors (Lipinski definition) is 1. The third kappa shape index (κ3) is 3.85. The Morgan fingerprint density at radius 3 is 2.74 bits per heavy atom. The summed E-state index contributed by atoms with van der Waals surface area (Å²) in [7, 11) is 0. The van der Waals surface area contributed by atoms with Gasteiger partial charge in [-0.15, -0.1) is 0 Å². The largest absolute Gasteiger partial charge is 0.434 e. The Balaban J connectivity index is 1.90. The molecule has 0 spiro atoms. The molecule has 0 atom stereocenters. The highest BCUT2D eigenvalue weighted by Crippen LogP contribution is 2.17.